The molecule has 0 N–H and O–H groups in total. The van der Waals surface area contributed by atoms with Gasteiger partial charge in [0.25, 0.3) is 5.69 Å². The first-order valence-corrected chi connectivity index (χ1v) is 7.14. The van der Waals surface area contributed by atoms with Gasteiger partial charge < -0.3 is 4.90 Å². The zero-order valence-corrected chi connectivity index (χ0v) is 11.9. The van der Waals surface area contributed by atoms with Crippen LogP contribution in [-0.4, -0.2) is 35.2 Å². The SMILES string of the molecule is CCN(CC)CCSc1ccc([N+](=O)[O-])cc1C#N. The van der Waals surface area contributed by atoms with Gasteiger partial charge in [0.2, 0.25) is 0 Å². The van der Waals surface area contributed by atoms with Crippen LogP contribution in [0.5, 0.6) is 0 Å². The maximum atomic E-state index is 10.6. The highest BCUT2D eigenvalue weighted by Crippen LogP contribution is 2.26. The predicted octanol–water partition coefficient (Wildman–Crippen LogP) is 2.90. The number of thioether (sulfide) groups is 1. The summed E-state index contributed by atoms with van der Waals surface area (Å²) in [5.74, 6) is 0.869. The van der Waals surface area contributed by atoms with Gasteiger partial charge in [-0.3, -0.25) is 10.1 Å². The van der Waals surface area contributed by atoms with E-state index in [4.69, 9.17) is 5.26 Å². The molecule has 0 aromatic heterocycles. The van der Waals surface area contributed by atoms with E-state index in [1.54, 1.807) is 17.8 Å². The molecular formula is C13H17N3O2S. The van der Waals surface area contributed by atoms with Gasteiger partial charge in [0.15, 0.2) is 0 Å². The minimum atomic E-state index is -0.481. The summed E-state index contributed by atoms with van der Waals surface area (Å²) in [6, 6.07) is 6.45. The van der Waals surface area contributed by atoms with Crippen molar-refractivity contribution >= 4 is 17.4 Å². The largest absolute Gasteiger partial charge is 0.303 e. The van der Waals surface area contributed by atoms with Gasteiger partial charge in [-0.05, 0) is 19.2 Å². The first-order valence-electron chi connectivity index (χ1n) is 6.16. The first kappa shape index (κ1) is 15.5. The topological polar surface area (TPSA) is 70.2 Å². The molecule has 0 atom stereocenters. The summed E-state index contributed by atoms with van der Waals surface area (Å²) in [5, 5.41) is 19.7. The molecule has 0 fully saturated rings. The summed E-state index contributed by atoms with van der Waals surface area (Å²) in [6.07, 6.45) is 0. The van der Waals surface area contributed by atoms with Crippen molar-refractivity contribution in [3.63, 3.8) is 0 Å². The van der Waals surface area contributed by atoms with Crippen LogP contribution in [0.2, 0.25) is 0 Å². The third kappa shape index (κ3) is 4.54. The van der Waals surface area contributed by atoms with E-state index in [-0.39, 0.29) is 5.69 Å². The molecule has 0 radical (unpaired) electrons. The van der Waals surface area contributed by atoms with Crippen LogP contribution in [0.15, 0.2) is 23.1 Å². The van der Waals surface area contributed by atoms with Crippen LogP contribution in [0.4, 0.5) is 5.69 Å². The number of rotatable bonds is 7. The van der Waals surface area contributed by atoms with Gasteiger partial charge >= 0.3 is 0 Å². The molecule has 0 amide bonds. The highest BCUT2D eigenvalue weighted by molar-refractivity contribution is 7.99. The van der Waals surface area contributed by atoms with Crippen molar-refractivity contribution in [2.45, 2.75) is 18.7 Å². The fourth-order valence-electron chi connectivity index (χ4n) is 1.67. The number of nitro benzene ring substituents is 1. The molecule has 0 spiro atoms. The molecule has 1 aromatic carbocycles. The van der Waals surface area contributed by atoms with E-state index >= 15 is 0 Å². The van der Waals surface area contributed by atoms with Crippen molar-refractivity contribution in [2.24, 2.45) is 0 Å². The number of non-ortho nitro benzene ring substituents is 1. The first-order chi connectivity index (χ1) is 9.12. The zero-order valence-electron chi connectivity index (χ0n) is 11.1. The Morgan fingerprint density at radius 1 is 1.42 bits per heavy atom. The van der Waals surface area contributed by atoms with Crippen LogP contribution >= 0.6 is 11.8 Å². The maximum absolute atomic E-state index is 10.6. The lowest BCUT2D eigenvalue weighted by Crippen LogP contribution is -2.25. The van der Waals surface area contributed by atoms with Crippen molar-refractivity contribution in [3.05, 3.63) is 33.9 Å². The summed E-state index contributed by atoms with van der Waals surface area (Å²) in [4.78, 5) is 13.3. The number of nitriles is 1. The van der Waals surface area contributed by atoms with E-state index in [0.717, 1.165) is 30.3 Å². The van der Waals surface area contributed by atoms with Crippen LogP contribution in [-0.2, 0) is 0 Å². The monoisotopic (exact) mass is 279 g/mol. The lowest BCUT2D eigenvalue weighted by Gasteiger charge is -2.17. The molecular weight excluding hydrogens is 262 g/mol. The van der Waals surface area contributed by atoms with Gasteiger partial charge in [-0.1, -0.05) is 13.8 Å². The molecule has 6 heteroatoms. The molecule has 0 bridgehead atoms. The number of benzene rings is 1. The van der Waals surface area contributed by atoms with Crippen molar-refractivity contribution in [2.75, 3.05) is 25.4 Å². The van der Waals surface area contributed by atoms with Crippen molar-refractivity contribution in [1.82, 2.24) is 4.90 Å². The van der Waals surface area contributed by atoms with E-state index in [0.29, 0.717) is 5.56 Å². The van der Waals surface area contributed by atoms with Crippen LogP contribution in [0.3, 0.4) is 0 Å². The van der Waals surface area contributed by atoms with Gasteiger partial charge in [-0.25, -0.2) is 0 Å². The maximum Gasteiger partial charge on any atom is 0.270 e. The number of nitrogens with zero attached hydrogens (tertiary/aromatic N) is 3. The standard InChI is InChI=1S/C13H17N3O2S/c1-3-15(4-2)7-8-19-13-6-5-12(16(17)18)9-11(13)10-14/h5-6,9H,3-4,7-8H2,1-2H3. The Labute approximate surface area is 117 Å². The summed E-state index contributed by atoms with van der Waals surface area (Å²) < 4.78 is 0. The Hall–Kier alpha value is -1.58. The van der Waals surface area contributed by atoms with E-state index in [1.165, 1.54) is 12.1 Å². The Morgan fingerprint density at radius 2 is 2.11 bits per heavy atom. The van der Waals surface area contributed by atoms with Crippen molar-refractivity contribution in [1.29, 1.82) is 5.26 Å². The molecule has 0 saturated carbocycles. The molecule has 0 unspecified atom stereocenters. The molecule has 0 aliphatic carbocycles. The quantitative estimate of drug-likeness (QED) is 0.436. The van der Waals surface area contributed by atoms with Crippen LogP contribution in [0.25, 0.3) is 0 Å². The highest BCUT2D eigenvalue weighted by atomic mass is 32.2. The Kier molecular flexibility index (Phi) is 6.33. The molecule has 0 heterocycles. The number of hydrogen-bond donors (Lipinski definition) is 0. The van der Waals surface area contributed by atoms with Gasteiger partial charge in [0.05, 0.1) is 10.5 Å². The second-order valence-electron chi connectivity index (χ2n) is 3.92. The van der Waals surface area contributed by atoms with Crippen molar-refractivity contribution in [3.8, 4) is 6.07 Å². The lowest BCUT2D eigenvalue weighted by molar-refractivity contribution is -0.384. The molecule has 0 aliphatic rings. The highest BCUT2D eigenvalue weighted by Gasteiger charge is 2.11. The predicted molar refractivity (Wildman–Crippen MR) is 76.3 cm³/mol. The molecule has 5 nitrogen and oxygen atoms in total. The average molecular weight is 279 g/mol. The lowest BCUT2D eigenvalue weighted by atomic mass is 10.2. The summed E-state index contributed by atoms with van der Waals surface area (Å²) in [5.41, 5.74) is 0.336. The summed E-state index contributed by atoms with van der Waals surface area (Å²) in [6.45, 7) is 7.17. The Bertz CT molecular complexity index is 481. The molecule has 19 heavy (non-hydrogen) atoms. The minimum absolute atomic E-state index is 0.0374. The van der Waals surface area contributed by atoms with Crippen LogP contribution in [0, 0.1) is 21.4 Å². The second-order valence-corrected chi connectivity index (χ2v) is 5.06. The summed E-state index contributed by atoms with van der Waals surface area (Å²) >= 11 is 1.56. The fraction of sp³-hybridized carbons (Fsp3) is 0.462. The number of nitro groups is 1. The summed E-state index contributed by atoms with van der Waals surface area (Å²) in [7, 11) is 0. The molecule has 102 valence electrons. The van der Waals surface area contributed by atoms with Gasteiger partial charge in [-0.15, -0.1) is 11.8 Å². The molecule has 0 saturated heterocycles. The zero-order chi connectivity index (χ0) is 14.3. The second kappa shape index (κ2) is 7.77. The van der Waals surface area contributed by atoms with Gasteiger partial charge in [0, 0.05) is 29.3 Å². The molecule has 1 aromatic rings. The smallest absolute Gasteiger partial charge is 0.270 e. The third-order valence-electron chi connectivity index (χ3n) is 2.85. The number of hydrogen-bond acceptors (Lipinski definition) is 5. The van der Waals surface area contributed by atoms with E-state index < -0.39 is 4.92 Å². The molecule has 1 rings (SSSR count). The normalized spacial score (nSPS) is 10.4. The van der Waals surface area contributed by atoms with Gasteiger partial charge in [0.1, 0.15) is 6.07 Å². The minimum Gasteiger partial charge on any atom is -0.303 e. The third-order valence-corrected chi connectivity index (χ3v) is 3.91. The van der Waals surface area contributed by atoms with Gasteiger partial charge in [-0.2, -0.15) is 5.26 Å². The average Bonchev–Trinajstić information content (AvgIpc) is 2.43. The van der Waals surface area contributed by atoms with Crippen LogP contribution < -0.4 is 0 Å². The van der Waals surface area contributed by atoms with E-state index in [2.05, 4.69) is 18.7 Å². The van der Waals surface area contributed by atoms with Crippen molar-refractivity contribution < 1.29 is 4.92 Å². The molecule has 0 aliphatic heterocycles. The fourth-order valence-corrected chi connectivity index (χ4v) is 2.66. The van der Waals surface area contributed by atoms with E-state index in [9.17, 15) is 10.1 Å². The van der Waals surface area contributed by atoms with Crippen LogP contribution in [0.1, 0.15) is 19.4 Å². The Balaban J connectivity index is 2.69. The Morgan fingerprint density at radius 3 is 2.63 bits per heavy atom. The van der Waals surface area contributed by atoms with E-state index in [1.807, 2.05) is 6.07 Å².